The summed E-state index contributed by atoms with van der Waals surface area (Å²) in [5.74, 6) is -1.60. The zero-order chi connectivity index (χ0) is 16.5. The molecule has 1 fully saturated rings. The molecule has 4 unspecified atom stereocenters. The van der Waals surface area contributed by atoms with Gasteiger partial charge in [0.2, 0.25) is 6.10 Å². The van der Waals surface area contributed by atoms with Gasteiger partial charge in [-0.15, -0.1) is 0 Å². The van der Waals surface area contributed by atoms with Gasteiger partial charge in [0, 0.05) is 0 Å². The molecule has 22 heavy (non-hydrogen) atoms. The topological polar surface area (TPSA) is 96.1 Å². The fourth-order valence-corrected chi connectivity index (χ4v) is 2.06. The predicted octanol–water partition coefficient (Wildman–Crippen LogP) is 1.30. The van der Waals surface area contributed by atoms with Crippen LogP contribution >= 0.6 is 0 Å². The number of hydrogen-bond donors (Lipinski definition) is 2. The summed E-state index contributed by atoms with van der Waals surface area (Å²) in [4.78, 5) is 23.3. The maximum atomic E-state index is 11.9. The Bertz CT molecular complexity index is 553. The van der Waals surface area contributed by atoms with Gasteiger partial charge in [0.1, 0.15) is 17.4 Å². The second-order valence-electron chi connectivity index (χ2n) is 6.04. The standard InChI is InChI=1S/C15H19NO6/c1-15(2,3)22-14(19)11-10(16(11)20)12(13(17)18)21-9-7-5-4-6-8-9/h4-8,10-12,20H,1-3H3,(H,17,18). The van der Waals surface area contributed by atoms with E-state index in [0.717, 1.165) is 0 Å². The van der Waals surface area contributed by atoms with Crippen molar-refractivity contribution in [3.63, 3.8) is 0 Å². The maximum Gasteiger partial charge on any atom is 0.346 e. The van der Waals surface area contributed by atoms with Crippen molar-refractivity contribution in [2.45, 2.75) is 44.6 Å². The summed E-state index contributed by atoms with van der Waals surface area (Å²) in [6.45, 7) is 5.08. The van der Waals surface area contributed by atoms with Crippen molar-refractivity contribution in [1.82, 2.24) is 5.06 Å². The fourth-order valence-electron chi connectivity index (χ4n) is 2.06. The van der Waals surface area contributed by atoms with Crippen LogP contribution in [-0.2, 0) is 14.3 Å². The monoisotopic (exact) mass is 309 g/mol. The second-order valence-corrected chi connectivity index (χ2v) is 6.04. The molecule has 1 heterocycles. The minimum atomic E-state index is -1.37. The number of ether oxygens (including phenoxy) is 2. The van der Waals surface area contributed by atoms with E-state index in [4.69, 9.17) is 9.47 Å². The van der Waals surface area contributed by atoms with Crippen LogP contribution in [-0.4, -0.2) is 51.1 Å². The highest BCUT2D eigenvalue weighted by Crippen LogP contribution is 2.33. The van der Waals surface area contributed by atoms with E-state index in [0.29, 0.717) is 10.8 Å². The van der Waals surface area contributed by atoms with Gasteiger partial charge in [0.15, 0.2) is 6.04 Å². The summed E-state index contributed by atoms with van der Waals surface area (Å²) >= 11 is 0. The molecule has 1 aromatic rings. The molecule has 120 valence electrons. The first-order valence-corrected chi connectivity index (χ1v) is 6.85. The Morgan fingerprint density at radius 3 is 2.32 bits per heavy atom. The molecule has 1 aliphatic heterocycles. The van der Waals surface area contributed by atoms with Crippen LogP contribution in [0.15, 0.2) is 30.3 Å². The zero-order valence-corrected chi connectivity index (χ0v) is 12.6. The zero-order valence-electron chi connectivity index (χ0n) is 12.6. The van der Waals surface area contributed by atoms with E-state index in [9.17, 15) is 19.9 Å². The van der Waals surface area contributed by atoms with Crippen molar-refractivity contribution in [3.8, 4) is 5.75 Å². The summed E-state index contributed by atoms with van der Waals surface area (Å²) < 4.78 is 10.5. The van der Waals surface area contributed by atoms with Gasteiger partial charge in [-0.3, -0.25) is 4.79 Å². The molecule has 2 N–H and O–H groups in total. The minimum absolute atomic E-state index is 0.345. The molecular weight excluding hydrogens is 290 g/mol. The van der Waals surface area contributed by atoms with E-state index in [2.05, 4.69) is 0 Å². The van der Waals surface area contributed by atoms with Crippen LogP contribution in [0.4, 0.5) is 0 Å². The molecule has 0 spiro atoms. The van der Waals surface area contributed by atoms with Gasteiger partial charge in [-0.25, -0.2) is 4.79 Å². The van der Waals surface area contributed by atoms with Crippen molar-refractivity contribution in [2.24, 2.45) is 0 Å². The highest BCUT2D eigenvalue weighted by Gasteiger charge is 2.61. The average Bonchev–Trinajstić information content (AvgIpc) is 3.06. The lowest BCUT2D eigenvalue weighted by Crippen LogP contribution is -2.36. The minimum Gasteiger partial charge on any atom is -0.478 e. The van der Waals surface area contributed by atoms with Gasteiger partial charge in [-0.05, 0) is 32.9 Å². The second kappa shape index (κ2) is 5.94. The Hall–Kier alpha value is -2.12. The molecule has 0 saturated carbocycles. The lowest BCUT2D eigenvalue weighted by molar-refractivity contribution is -0.158. The van der Waals surface area contributed by atoms with E-state index >= 15 is 0 Å². The average molecular weight is 309 g/mol. The van der Waals surface area contributed by atoms with Crippen LogP contribution < -0.4 is 4.74 Å². The number of carbonyl (C=O) groups is 2. The molecule has 0 radical (unpaired) electrons. The van der Waals surface area contributed by atoms with E-state index in [1.165, 1.54) is 0 Å². The molecule has 0 aliphatic carbocycles. The molecule has 7 heteroatoms. The third kappa shape index (κ3) is 3.75. The number of hydroxylamine groups is 2. The molecule has 0 amide bonds. The lowest BCUT2D eigenvalue weighted by atomic mass is 10.1. The summed E-state index contributed by atoms with van der Waals surface area (Å²) in [6, 6.07) is 6.34. The summed E-state index contributed by atoms with van der Waals surface area (Å²) in [5, 5.41) is 19.7. The summed E-state index contributed by atoms with van der Waals surface area (Å²) in [6.07, 6.45) is -1.37. The van der Waals surface area contributed by atoms with Crippen LogP contribution in [0, 0.1) is 0 Å². The van der Waals surface area contributed by atoms with Gasteiger partial charge in [-0.1, -0.05) is 18.2 Å². The first-order valence-electron chi connectivity index (χ1n) is 6.85. The SMILES string of the molecule is CC(C)(C)OC(=O)C1C(C(Oc2ccccc2)C(=O)O)N1O. The van der Waals surface area contributed by atoms with Crippen molar-refractivity contribution in [2.75, 3.05) is 0 Å². The number of carboxylic acids is 1. The Labute approximate surface area is 128 Å². The highest BCUT2D eigenvalue weighted by atomic mass is 16.6. The van der Waals surface area contributed by atoms with Crippen LogP contribution in [0.1, 0.15) is 20.8 Å². The van der Waals surface area contributed by atoms with Crippen LogP contribution in [0.5, 0.6) is 5.75 Å². The molecule has 0 bridgehead atoms. The number of nitrogens with zero attached hydrogens (tertiary/aromatic N) is 1. The van der Waals surface area contributed by atoms with Gasteiger partial charge in [0.05, 0.1) is 0 Å². The van der Waals surface area contributed by atoms with E-state index in [-0.39, 0.29) is 0 Å². The molecule has 4 atom stereocenters. The third-order valence-electron chi connectivity index (χ3n) is 3.03. The smallest absolute Gasteiger partial charge is 0.346 e. The molecule has 2 rings (SSSR count). The van der Waals surface area contributed by atoms with Crippen molar-refractivity contribution in [3.05, 3.63) is 30.3 Å². The molecule has 1 saturated heterocycles. The summed E-state index contributed by atoms with van der Waals surface area (Å²) in [7, 11) is 0. The van der Waals surface area contributed by atoms with E-state index in [1.54, 1.807) is 51.1 Å². The Morgan fingerprint density at radius 1 is 1.23 bits per heavy atom. The lowest BCUT2D eigenvalue weighted by Gasteiger charge is -2.19. The molecule has 0 aromatic heterocycles. The Morgan fingerprint density at radius 2 is 1.82 bits per heavy atom. The van der Waals surface area contributed by atoms with Crippen molar-refractivity contribution in [1.29, 1.82) is 0 Å². The number of carboxylic acid groups (broad SMARTS) is 1. The van der Waals surface area contributed by atoms with Gasteiger partial charge >= 0.3 is 11.9 Å². The van der Waals surface area contributed by atoms with Crippen LogP contribution in [0.2, 0.25) is 0 Å². The van der Waals surface area contributed by atoms with Crippen LogP contribution in [0.25, 0.3) is 0 Å². The number of hydrogen-bond acceptors (Lipinski definition) is 6. The molecular formula is C15H19NO6. The van der Waals surface area contributed by atoms with Crippen molar-refractivity contribution >= 4 is 11.9 Å². The fraction of sp³-hybridized carbons (Fsp3) is 0.467. The largest absolute Gasteiger partial charge is 0.478 e. The first-order chi connectivity index (χ1) is 10.2. The number of aliphatic carboxylic acids is 1. The van der Waals surface area contributed by atoms with Crippen molar-refractivity contribution < 1.29 is 29.4 Å². The normalized spacial score (nSPS) is 25.2. The molecule has 1 aliphatic rings. The number of carbonyl (C=O) groups excluding carboxylic acids is 1. The number of benzene rings is 1. The van der Waals surface area contributed by atoms with E-state index in [1.807, 2.05) is 0 Å². The number of para-hydroxylation sites is 1. The third-order valence-corrected chi connectivity index (χ3v) is 3.03. The van der Waals surface area contributed by atoms with Gasteiger partial charge in [-0.2, -0.15) is 5.06 Å². The highest BCUT2D eigenvalue weighted by molar-refractivity contribution is 5.84. The first kappa shape index (κ1) is 16.3. The van der Waals surface area contributed by atoms with Gasteiger partial charge < -0.3 is 19.8 Å². The Kier molecular flexibility index (Phi) is 4.39. The van der Waals surface area contributed by atoms with E-state index < -0.39 is 35.7 Å². The maximum absolute atomic E-state index is 11.9. The number of esters is 1. The number of rotatable bonds is 5. The Balaban J connectivity index is 2.07. The summed E-state index contributed by atoms with van der Waals surface area (Å²) in [5.41, 5.74) is -0.718. The van der Waals surface area contributed by atoms with Gasteiger partial charge in [0.25, 0.3) is 0 Å². The molecule has 1 aromatic carbocycles. The van der Waals surface area contributed by atoms with Crippen LogP contribution in [0.3, 0.4) is 0 Å². The predicted molar refractivity (Wildman–Crippen MR) is 75.5 cm³/mol. The molecule has 7 nitrogen and oxygen atoms in total. The quantitative estimate of drug-likeness (QED) is 0.625.